The fourth-order valence-electron chi connectivity index (χ4n) is 2.70. The molecule has 0 radical (unpaired) electrons. The second-order valence-corrected chi connectivity index (χ2v) is 6.66. The summed E-state index contributed by atoms with van der Waals surface area (Å²) >= 11 is 1.93. The van der Waals surface area contributed by atoms with Crippen LogP contribution in [0.25, 0.3) is 10.4 Å². The molecular formula is C19H27NS. The first-order valence-corrected chi connectivity index (χ1v) is 9.02. The third-order valence-electron chi connectivity index (χ3n) is 3.78. The van der Waals surface area contributed by atoms with Crippen molar-refractivity contribution in [2.45, 2.75) is 52.5 Å². The Morgan fingerprint density at radius 3 is 2.33 bits per heavy atom. The largest absolute Gasteiger partial charge is 0.310 e. The Balaban J connectivity index is 2.14. The van der Waals surface area contributed by atoms with Crippen LogP contribution in [0.1, 0.15) is 56.5 Å². The Morgan fingerprint density at radius 1 is 0.952 bits per heavy atom. The van der Waals surface area contributed by atoms with E-state index in [0.29, 0.717) is 6.04 Å². The van der Waals surface area contributed by atoms with E-state index < -0.39 is 0 Å². The van der Waals surface area contributed by atoms with Crippen molar-refractivity contribution in [2.24, 2.45) is 0 Å². The lowest BCUT2D eigenvalue weighted by Crippen LogP contribution is -2.19. The molecule has 1 nitrogen and oxygen atoms in total. The zero-order valence-corrected chi connectivity index (χ0v) is 14.3. The standard InChI is InChI=1S/C19H27NS/c1-4-7-15-9-11-16(12-10-15)18-13-14-19(21-18)17(8-5-2)20-6-3/h9-14,17,20H,4-8H2,1-3H3. The molecule has 21 heavy (non-hydrogen) atoms. The lowest BCUT2D eigenvalue weighted by molar-refractivity contribution is 0.516. The number of rotatable bonds is 8. The van der Waals surface area contributed by atoms with Gasteiger partial charge in [-0.2, -0.15) is 0 Å². The van der Waals surface area contributed by atoms with Crippen molar-refractivity contribution in [2.75, 3.05) is 6.54 Å². The average molecular weight is 301 g/mol. The first-order chi connectivity index (χ1) is 10.3. The fraction of sp³-hybridized carbons (Fsp3) is 0.474. The summed E-state index contributed by atoms with van der Waals surface area (Å²) in [5.41, 5.74) is 2.78. The maximum atomic E-state index is 3.60. The smallest absolute Gasteiger partial charge is 0.0414 e. The normalized spacial score (nSPS) is 12.5. The van der Waals surface area contributed by atoms with E-state index in [4.69, 9.17) is 0 Å². The summed E-state index contributed by atoms with van der Waals surface area (Å²) < 4.78 is 0. The quantitative estimate of drug-likeness (QED) is 0.648. The van der Waals surface area contributed by atoms with E-state index in [2.05, 4.69) is 62.5 Å². The average Bonchev–Trinajstić information content (AvgIpc) is 2.98. The highest BCUT2D eigenvalue weighted by atomic mass is 32.1. The molecule has 0 fully saturated rings. The molecule has 0 aliphatic carbocycles. The second-order valence-electron chi connectivity index (χ2n) is 5.55. The van der Waals surface area contributed by atoms with Crippen LogP contribution in [0, 0.1) is 0 Å². The molecule has 2 rings (SSSR count). The summed E-state index contributed by atoms with van der Waals surface area (Å²) in [6.07, 6.45) is 4.82. The fourth-order valence-corrected chi connectivity index (χ4v) is 3.82. The molecule has 0 saturated carbocycles. The van der Waals surface area contributed by atoms with E-state index in [1.807, 2.05) is 11.3 Å². The Hall–Kier alpha value is -1.12. The molecule has 0 amide bonds. The van der Waals surface area contributed by atoms with Gasteiger partial charge in [-0.15, -0.1) is 11.3 Å². The molecule has 1 atom stereocenters. The summed E-state index contributed by atoms with van der Waals surface area (Å²) in [6.45, 7) is 7.70. The van der Waals surface area contributed by atoms with Gasteiger partial charge in [-0.3, -0.25) is 0 Å². The van der Waals surface area contributed by atoms with E-state index in [1.165, 1.54) is 46.6 Å². The summed E-state index contributed by atoms with van der Waals surface area (Å²) in [5, 5.41) is 3.60. The SMILES string of the molecule is CCCc1ccc(-c2ccc(C(CCC)NCC)s2)cc1. The zero-order valence-electron chi connectivity index (χ0n) is 13.5. The van der Waals surface area contributed by atoms with Gasteiger partial charge in [0.1, 0.15) is 0 Å². The number of thiophene rings is 1. The first-order valence-electron chi connectivity index (χ1n) is 8.20. The molecule has 0 saturated heterocycles. The maximum absolute atomic E-state index is 3.60. The Kier molecular flexibility index (Phi) is 6.47. The van der Waals surface area contributed by atoms with E-state index >= 15 is 0 Å². The molecule has 0 aliphatic rings. The minimum absolute atomic E-state index is 0.512. The Labute approximate surface area is 133 Å². The first kappa shape index (κ1) is 16.3. The second kappa shape index (κ2) is 8.35. The van der Waals surface area contributed by atoms with Gasteiger partial charge in [0.05, 0.1) is 0 Å². The van der Waals surface area contributed by atoms with E-state index in [-0.39, 0.29) is 0 Å². The van der Waals surface area contributed by atoms with E-state index in [9.17, 15) is 0 Å². The van der Waals surface area contributed by atoms with Crippen LogP contribution in [0.5, 0.6) is 0 Å². The molecule has 1 N–H and O–H groups in total. The summed E-state index contributed by atoms with van der Waals surface area (Å²) in [6, 6.07) is 14.2. The van der Waals surface area contributed by atoms with Crippen LogP contribution < -0.4 is 5.32 Å². The molecule has 1 aromatic heterocycles. The van der Waals surface area contributed by atoms with Crippen molar-refractivity contribution in [1.82, 2.24) is 5.32 Å². The van der Waals surface area contributed by atoms with Crippen LogP contribution in [-0.2, 0) is 6.42 Å². The maximum Gasteiger partial charge on any atom is 0.0414 e. The van der Waals surface area contributed by atoms with Gasteiger partial charge in [0.25, 0.3) is 0 Å². The van der Waals surface area contributed by atoms with Crippen LogP contribution in [0.15, 0.2) is 36.4 Å². The van der Waals surface area contributed by atoms with Crippen LogP contribution >= 0.6 is 11.3 Å². The Morgan fingerprint density at radius 2 is 1.71 bits per heavy atom. The van der Waals surface area contributed by atoms with Crippen molar-refractivity contribution in [3.8, 4) is 10.4 Å². The highest BCUT2D eigenvalue weighted by molar-refractivity contribution is 7.15. The molecule has 2 aromatic rings. The number of aryl methyl sites for hydroxylation is 1. The summed E-state index contributed by atoms with van der Waals surface area (Å²) in [5.74, 6) is 0. The number of nitrogens with one attached hydrogen (secondary N) is 1. The monoisotopic (exact) mass is 301 g/mol. The third kappa shape index (κ3) is 4.42. The van der Waals surface area contributed by atoms with Gasteiger partial charge in [0.15, 0.2) is 0 Å². The lowest BCUT2D eigenvalue weighted by Gasteiger charge is -2.15. The van der Waals surface area contributed by atoms with E-state index in [1.54, 1.807) is 0 Å². The molecular weight excluding hydrogens is 274 g/mol. The van der Waals surface area contributed by atoms with Crippen molar-refractivity contribution in [3.05, 3.63) is 46.8 Å². The number of hydrogen-bond acceptors (Lipinski definition) is 2. The minimum Gasteiger partial charge on any atom is -0.310 e. The van der Waals surface area contributed by atoms with Crippen molar-refractivity contribution >= 4 is 11.3 Å². The minimum atomic E-state index is 0.512. The van der Waals surface area contributed by atoms with Crippen LogP contribution in [0.4, 0.5) is 0 Å². The molecule has 1 heterocycles. The van der Waals surface area contributed by atoms with Gasteiger partial charge in [0.2, 0.25) is 0 Å². The van der Waals surface area contributed by atoms with Crippen LogP contribution in [-0.4, -0.2) is 6.54 Å². The molecule has 2 heteroatoms. The highest BCUT2D eigenvalue weighted by Gasteiger charge is 2.12. The van der Waals surface area contributed by atoms with Gasteiger partial charge in [0, 0.05) is 15.8 Å². The molecule has 0 spiro atoms. The summed E-state index contributed by atoms with van der Waals surface area (Å²) in [4.78, 5) is 2.85. The molecule has 1 unspecified atom stereocenters. The molecule has 0 aliphatic heterocycles. The van der Waals surface area contributed by atoms with E-state index in [0.717, 1.165) is 6.54 Å². The van der Waals surface area contributed by atoms with Gasteiger partial charge >= 0.3 is 0 Å². The molecule has 0 bridgehead atoms. The molecule has 114 valence electrons. The number of benzene rings is 1. The van der Waals surface area contributed by atoms with Crippen molar-refractivity contribution in [3.63, 3.8) is 0 Å². The molecule has 1 aromatic carbocycles. The highest BCUT2D eigenvalue weighted by Crippen LogP contribution is 2.33. The third-order valence-corrected chi connectivity index (χ3v) is 5.02. The zero-order chi connectivity index (χ0) is 15.1. The van der Waals surface area contributed by atoms with Gasteiger partial charge in [-0.25, -0.2) is 0 Å². The van der Waals surface area contributed by atoms with Crippen molar-refractivity contribution < 1.29 is 0 Å². The lowest BCUT2D eigenvalue weighted by atomic mass is 10.1. The van der Waals surface area contributed by atoms with Crippen LogP contribution in [0.3, 0.4) is 0 Å². The summed E-state index contributed by atoms with van der Waals surface area (Å²) in [7, 11) is 0. The van der Waals surface area contributed by atoms with Gasteiger partial charge in [-0.05, 0) is 42.6 Å². The Bertz CT molecular complexity index is 521. The number of hydrogen-bond donors (Lipinski definition) is 1. The predicted octanol–water partition coefficient (Wildman–Crippen LogP) is 5.82. The van der Waals surface area contributed by atoms with Crippen LogP contribution in [0.2, 0.25) is 0 Å². The van der Waals surface area contributed by atoms with Gasteiger partial charge < -0.3 is 5.32 Å². The van der Waals surface area contributed by atoms with Gasteiger partial charge in [-0.1, -0.05) is 57.9 Å². The predicted molar refractivity (Wildman–Crippen MR) is 95.1 cm³/mol. The topological polar surface area (TPSA) is 12.0 Å². The van der Waals surface area contributed by atoms with Crippen molar-refractivity contribution in [1.29, 1.82) is 0 Å².